The number of carbonyl (C=O) groups excluding carboxylic acids is 3. The molecule has 2 amide bonds. The highest BCUT2D eigenvalue weighted by Gasteiger charge is 2.68. The van der Waals surface area contributed by atoms with Crippen LogP contribution in [-0.2, 0) is 30.3 Å². The number of hydrogen-bond donors (Lipinski definition) is 2. The van der Waals surface area contributed by atoms with Crippen LogP contribution in [0, 0.1) is 11.8 Å². The van der Waals surface area contributed by atoms with Crippen LogP contribution in [0.15, 0.2) is 72.8 Å². The third-order valence-electron chi connectivity index (χ3n) is 7.97. The number of methoxy groups -OCH3 is 1. The number of carboxylic acids is 1. The number of carboxylic acid groups (broad SMARTS) is 1. The van der Waals surface area contributed by atoms with Gasteiger partial charge in [0.15, 0.2) is 11.5 Å². The van der Waals surface area contributed by atoms with E-state index < -0.39 is 41.5 Å². The van der Waals surface area contributed by atoms with Crippen LogP contribution in [0.4, 0.5) is 13.2 Å². The van der Waals surface area contributed by atoms with Crippen LogP contribution >= 0.6 is 0 Å². The number of fused-ring (bicyclic) bond motifs is 2. The summed E-state index contributed by atoms with van der Waals surface area (Å²) in [6.45, 7) is 0.208. The number of benzene rings is 3. The number of alkyl halides is 3. The van der Waals surface area contributed by atoms with Gasteiger partial charge in [0, 0.05) is 19.5 Å². The summed E-state index contributed by atoms with van der Waals surface area (Å²) in [5.41, 5.74) is 2.24. The summed E-state index contributed by atoms with van der Waals surface area (Å²) in [4.78, 5) is 50.1. The van der Waals surface area contributed by atoms with Crippen LogP contribution in [0.25, 0.3) is 11.1 Å². The number of nitrogens with one attached hydrogen (secondary N) is 1. The highest BCUT2D eigenvalue weighted by molar-refractivity contribution is 6.09. The molecule has 4 atom stereocenters. The zero-order valence-electron chi connectivity index (χ0n) is 23.5. The molecule has 3 aromatic rings. The van der Waals surface area contributed by atoms with Gasteiger partial charge in [-0.25, -0.2) is 4.79 Å². The Morgan fingerprint density at radius 1 is 0.977 bits per heavy atom. The van der Waals surface area contributed by atoms with E-state index in [1.807, 2.05) is 72.8 Å². The molecule has 3 aliphatic heterocycles. The van der Waals surface area contributed by atoms with Crippen molar-refractivity contribution in [2.75, 3.05) is 21.0 Å². The van der Waals surface area contributed by atoms with Crippen molar-refractivity contribution in [1.82, 2.24) is 10.2 Å². The van der Waals surface area contributed by atoms with E-state index in [1.54, 1.807) is 0 Å². The molecule has 0 aromatic heterocycles. The zero-order valence-corrected chi connectivity index (χ0v) is 23.5. The lowest BCUT2D eigenvalue weighted by Crippen LogP contribution is -2.57. The average Bonchev–Trinajstić information content (AvgIpc) is 3.68. The summed E-state index contributed by atoms with van der Waals surface area (Å²) in [5, 5.41) is 10.5. The van der Waals surface area contributed by atoms with Gasteiger partial charge in [-0.05, 0) is 34.4 Å². The number of rotatable bonds is 5. The molecule has 44 heavy (non-hydrogen) atoms. The van der Waals surface area contributed by atoms with Crippen LogP contribution in [0.3, 0.4) is 0 Å². The summed E-state index contributed by atoms with van der Waals surface area (Å²) in [7, 11) is 2.79. The Labute approximate surface area is 249 Å². The first-order chi connectivity index (χ1) is 20.9. The quantitative estimate of drug-likeness (QED) is 0.327. The predicted molar refractivity (Wildman–Crippen MR) is 147 cm³/mol. The third-order valence-corrected chi connectivity index (χ3v) is 7.97. The van der Waals surface area contributed by atoms with Crippen molar-refractivity contribution in [3.63, 3.8) is 0 Å². The lowest BCUT2D eigenvalue weighted by Gasteiger charge is -2.32. The first-order valence-corrected chi connectivity index (χ1v) is 13.4. The molecule has 0 bridgehead atoms. The lowest BCUT2D eigenvalue weighted by molar-refractivity contribution is -0.192. The Bertz CT molecular complexity index is 1600. The Hall–Kier alpha value is -4.91. The number of likely N-dealkylation sites (tertiary alicyclic amines) is 1. The van der Waals surface area contributed by atoms with Crippen LogP contribution in [0.1, 0.15) is 17.2 Å². The molecule has 13 heteroatoms. The number of amides is 2. The van der Waals surface area contributed by atoms with E-state index in [0.717, 1.165) is 27.2 Å². The largest absolute Gasteiger partial charge is 0.490 e. The molecular formula is C31H27F3N2O8. The number of hydrogen-bond acceptors (Lipinski definition) is 8. The van der Waals surface area contributed by atoms with Gasteiger partial charge in [-0.2, -0.15) is 13.2 Å². The maximum Gasteiger partial charge on any atom is 0.490 e. The van der Waals surface area contributed by atoms with E-state index >= 15 is 0 Å². The fourth-order valence-electron chi connectivity index (χ4n) is 5.92. The summed E-state index contributed by atoms with van der Waals surface area (Å²) in [5.74, 6) is -4.17. The molecule has 2 fully saturated rings. The molecule has 10 nitrogen and oxygen atoms in total. The molecule has 0 radical (unpaired) electrons. The summed E-state index contributed by atoms with van der Waals surface area (Å²) in [6.07, 6.45) is -4.86. The molecule has 3 aromatic carbocycles. The van der Waals surface area contributed by atoms with Gasteiger partial charge in [0.25, 0.3) is 0 Å². The minimum absolute atomic E-state index is 0.208. The molecule has 3 unspecified atom stereocenters. The smallest absolute Gasteiger partial charge is 0.475 e. The second-order valence-electron chi connectivity index (χ2n) is 10.5. The zero-order chi connectivity index (χ0) is 31.8. The van der Waals surface area contributed by atoms with Crippen molar-refractivity contribution in [3.05, 3.63) is 83.9 Å². The number of imide groups is 1. The number of ether oxygens (including phenoxy) is 3. The Morgan fingerprint density at radius 3 is 2.20 bits per heavy atom. The summed E-state index contributed by atoms with van der Waals surface area (Å²) < 4.78 is 47.9. The van der Waals surface area contributed by atoms with Gasteiger partial charge in [0.2, 0.25) is 18.6 Å². The number of carbonyl (C=O) groups is 4. The van der Waals surface area contributed by atoms with Crippen molar-refractivity contribution in [2.24, 2.45) is 11.8 Å². The van der Waals surface area contributed by atoms with Gasteiger partial charge in [0.1, 0.15) is 5.54 Å². The minimum atomic E-state index is -5.08. The Kier molecular flexibility index (Phi) is 8.08. The molecule has 0 saturated carbocycles. The second kappa shape index (κ2) is 11.6. The van der Waals surface area contributed by atoms with Gasteiger partial charge >= 0.3 is 18.1 Å². The maximum atomic E-state index is 13.4. The van der Waals surface area contributed by atoms with Crippen LogP contribution in [0.2, 0.25) is 0 Å². The van der Waals surface area contributed by atoms with Gasteiger partial charge in [-0.1, -0.05) is 60.7 Å². The average molecular weight is 613 g/mol. The summed E-state index contributed by atoms with van der Waals surface area (Å²) >= 11 is 0. The summed E-state index contributed by atoms with van der Waals surface area (Å²) in [6, 6.07) is 22.5. The SMILES string of the molecule is COC(=O)[C@]1(Cc2ccccc2)NC(c2ccc(-c3ccc4c(c3)OCO4)cc2)C2C(=O)N(C)C(=O)C21.O=C(O)C(F)(F)F. The predicted octanol–water partition coefficient (Wildman–Crippen LogP) is 3.75. The van der Waals surface area contributed by atoms with E-state index in [2.05, 4.69) is 5.32 Å². The molecule has 6 rings (SSSR count). The minimum Gasteiger partial charge on any atom is -0.475 e. The van der Waals surface area contributed by atoms with Gasteiger partial charge in [0.05, 0.1) is 18.9 Å². The molecule has 2 saturated heterocycles. The van der Waals surface area contributed by atoms with E-state index in [0.29, 0.717) is 11.5 Å². The molecule has 0 spiro atoms. The van der Waals surface area contributed by atoms with Crippen molar-refractivity contribution < 1.29 is 51.7 Å². The molecule has 3 aliphatic rings. The van der Waals surface area contributed by atoms with Crippen molar-refractivity contribution in [1.29, 1.82) is 0 Å². The van der Waals surface area contributed by atoms with Crippen molar-refractivity contribution >= 4 is 23.8 Å². The Morgan fingerprint density at radius 2 is 1.59 bits per heavy atom. The Balaban J connectivity index is 0.000000493. The normalized spacial score (nSPS) is 23.6. The highest BCUT2D eigenvalue weighted by Crippen LogP contribution is 2.50. The van der Waals surface area contributed by atoms with E-state index in [1.165, 1.54) is 14.2 Å². The topological polar surface area (TPSA) is 131 Å². The number of halogens is 3. The first kappa shape index (κ1) is 30.5. The van der Waals surface area contributed by atoms with E-state index in [4.69, 9.17) is 24.1 Å². The molecule has 0 aliphatic carbocycles. The number of nitrogens with zero attached hydrogens (tertiary/aromatic N) is 1. The van der Waals surface area contributed by atoms with Gasteiger partial charge in [-0.3, -0.25) is 24.6 Å². The van der Waals surface area contributed by atoms with E-state index in [9.17, 15) is 27.6 Å². The molecular weight excluding hydrogens is 585 g/mol. The lowest BCUT2D eigenvalue weighted by atomic mass is 9.76. The standard InChI is InChI=1S/C29H26N2O6.C2HF3O2/c1-31-26(32)23-24(27(31)33)29(28(34)35-2,15-17-6-4-3-5-7-17)30-25(23)19-10-8-18(9-11-19)20-12-13-21-22(14-20)37-16-36-21;3-2(4,5)1(6)7/h3-14,23-25,30H,15-16H2,1-2H3;(H,6,7)/t23?,24?,25?,29-;/m1./s1. The van der Waals surface area contributed by atoms with Crippen LogP contribution in [0.5, 0.6) is 11.5 Å². The van der Waals surface area contributed by atoms with Crippen LogP contribution in [-0.4, -0.2) is 66.4 Å². The second-order valence-corrected chi connectivity index (χ2v) is 10.5. The van der Waals surface area contributed by atoms with Crippen molar-refractivity contribution in [2.45, 2.75) is 24.2 Å². The van der Waals surface area contributed by atoms with Crippen LogP contribution < -0.4 is 14.8 Å². The van der Waals surface area contributed by atoms with Gasteiger partial charge < -0.3 is 19.3 Å². The maximum absolute atomic E-state index is 13.4. The van der Waals surface area contributed by atoms with Gasteiger partial charge in [-0.15, -0.1) is 0 Å². The fourth-order valence-corrected chi connectivity index (χ4v) is 5.92. The number of aliphatic carboxylic acids is 1. The number of esters is 1. The molecule has 230 valence electrons. The molecule has 2 N–H and O–H groups in total. The van der Waals surface area contributed by atoms with Crippen molar-refractivity contribution in [3.8, 4) is 22.6 Å². The third kappa shape index (κ3) is 5.46. The first-order valence-electron chi connectivity index (χ1n) is 13.4. The molecule has 3 heterocycles. The van der Waals surface area contributed by atoms with E-state index in [-0.39, 0.29) is 25.0 Å². The monoisotopic (exact) mass is 612 g/mol. The fraction of sp³-hybridized carbons (Fsp3) is 0.290. The highest BCUT2D eigenvalue weighted by atomic mass is 19.4.